The Balaban J connectivity index is 0.00000180. The van der Waals surface area contributed by atoms with Gasteiger partial charge < -0.3 is 11.1 Å². The normalized spacial score (nSPS) is 9.05. The van der Waals surface area contributed by atoms with Crippen LogP contribution < -0.4 is 11.1 Å². The number of benzene rings is 1. The maximum atomic E-state index is 11.3. The van der Waals surface area contributed by atoms with Crippen molar-refractivity contribution in [2.24, 2.45) is 5.73 Å². The first-order valence-corrected chi connectivity index (χ1v) is 5.77. The number of rotatable bonds is 4. The predicted molar refractivity (Wildman–Crippen MR) is 85.7 cm³/mol. The largest absolute Gasteiger partial charge is 0.325 e. The molecule has 0 radical (unpaired) electrons. The SMILES string of the molecule is Cl.Cl.NCC(=O)Nc1ccccc1Cc1ccccn1. The van der Waals surface area contributed by atoms with E-state index >= 15 is 0 Å². The van der Waals surface area contributed by atoms with Crippen LogP contribution in [-0.2, 0) is 11.2 Å². The Morgan fingerprint density at radius 3 is 2.45 bits per heavy atom. The minimum atomic E-state index is -0.191. The van der Waals surface area contributed by atoms with Crippen molar-refractivity contribution in [3.63, 3.8) is 0 Å². The highest BCUT2D eigenvalue weighted by atomic mass is 35.5. The van der Waals surface area contributed by atoms with Crippen LogP contribution in [0.2, 0.25) is 0 Å². The number of carbonyl (C=O) groups is 1. The van der Waals surface area contributed by atoms with Crippen molar-refractivity contribution in [2.75, 3.05) is 11.9 Å². The zero-order valence-electron chi connectivity index (χ0n) is 10.8. The molecule has 0 fully saturated rings. The Morgan fingerprint density at radius 2 is 1.80 bits per heavy atom. The summed E-state index contributed by atoms with van der Waals surface area (Å²) in [5, 5.41) is 2.79. The molecule has 0 atom stereocenters. The van der Waals surface area contributed by atoms with Gasteiger partial charge in [-0.2, -0.15) is 0 Å². The molecule has 0 aliphatic rings. The van der Waals surface area contributed by atoms with Gasteiger partial charge in [0.25, 0.3) is 0 Å². The topological polar surface area (TPSA) is 68.0 Å². The molecule has 4 nitrogen and oxygen atoms in total. The van der Waals surface area contributed by atoms with Gasteiger partial charge in [-0.05, 0) is 23.8 Å². The van der Waals surface area contributed by atoms with E-state index in [9.17, 15) is 4.79 Å². The van der Waals surface area contributed by atoms with Crippen molar-refractivity contribution >= 4 is 36.4 Å². The maximum Gasteiger partial charge on any atom is 0.238 e. The Kier molecular flexibility index (Phi) is 8.56. The van der Waals surface area contributed by atoms with Gasteiger partial charge in [0.15, 0.2) is 0 Å². The second-order valence-electron chi connectivity index (χ2n) is 3.91. The summed E-state index contributed by atoms with van der Waals surface area (Å²) in [6, 6.07) is 13.5. The summed E-state index contributed by atoms with van der Waals surface area (Å²) in [7, 11) is 0. The number of para-hydroxylation sites is 1. The highest BCUT2D eigenvalue weighted by Crippen LogP contribution is 2.17. The molecule has 0 unspecified atom stereocenters. The number of pyridine rings is 1. The summed E-state index contributed by atoms with van der Waals surface area (Å²) in [4.78, 5) is 15.6. The molecule has 0 aliphatic heterocycles. The fourth-order valence-electron chi connectivity index (χ4n) is 1.70. The summed E-state index contributed by atoms with van der Waals surface area (Å²) in [6.45, 7) is -0.0160. The third-order valence-electron chi connectivity index (χ3n) is 2.57. The number of amides is 1. The standard InChI is InChI=1S/C14H15N3O.2ClH/c15-10-14(18)17-13-7-2-1-5-11(13)9-12-6-3-4-8-16-12;;/h1-8H,9-10,15H2,(H,17,18);2*1H. The van der Waals surface area contributed by atoms with Crippen LogP contribution in [-0.4, -0.2) is 17.4 Å². The van der Waals surface area contributed by atoms with Gasteiger partial charge in [-0.3, -0.25) is 9.78 Å². The van der Waals surface area contributed by atoms with Gasteiger partial charge in [0.1, 0.15) is 0 Å². The molecule has 1 amide bonds. The molecular weight excluding hydrogens is 297 g/mol. The quantitative estimate of drug-likeness (QED) is 0.910. The van der Waals surface area contributed by atoms with E-state index in [4.69, 9.17) is 5.73 Å². The summed E-state index contributed by atoms with van der Waals surface area (Å²) in [5.41, 5.74) is 8.08. The van der Waals surface area contributed by atoms with Crippen LogP contribution >= 0.6 is 24.8 Å². The van der Waals surface area contributed by atoms with Crippen LogP contribution in [0.1, 0.15) is 11.3 Å². The molecule has 1 aromatic heterocycles. The maximum absolute atomic E-state index is 11.3. The number of nitrogens with one attached hydrogen (secondary N) is 1. The van der Waals surface area contributed by atoms with Crippen molar-refractivity contribution < 1.29 is 4.79 Å². The Labute approximate surface area is 130 Å². The van der Waals surface area contributed by atoms with Crippen LogP contribution in [0.3, 0.4) is 0 Å². The van der Waals surface area contributed by atoms with E-state index in [1.165, 1.54) is 0 Å². The van der Waals surface area contributed by atoms with Crippen LogP contribution in [0.25, 0.3) is 0 Å². The lowest BCUT2D eigenvalue weighted by Gasteiger charge is -2.10. The molecular formula is C14H17Cl2N3O. The molecule has 3 N–H and O–H groups in total. The fraction of sp³-hybridized carbons (Fsp3) is 0.143. The molecule has 6 heteroatoms. The average Bonchev–Trinajstić information content (AvgIpc) is 2.42. The number of halogens is 2. The van der Waals surface area contributed by atoms with E-state index in [1.54, 1.807) is 6.20 Å². The molecule has 0 bridgehead atoms. The van der Waals surface area contributed by atoms with Crippen molar-refractivity contribution in [3.05, 3.63) is 59.9 Å². The van der Waals surface area contributed by atoms with E-state index in [0.29, 0.717) is 6.42 Å². The first-order chi connectivity index (χ1) is 8.79. The summed E-state index contributed by atoms with van der Waals surface area (Å²) < 4.78 is 0. The number of hydrogen-bond acceptors (Lipinski definition) is 3. The van der Waals surface area contributed by atoms with Crippen LogP contribution in [0.4, 0.5) is 5.69 Å². The smallest absolute Gasteiger partial charge is 0.238 e. The molecule has 0 saturated heterocycles. The Hall–Kier alpha value is -1.62. The molecule has 0 saturated carbocycles. The van der Waals surface area contributed by atoms with Crippen molar-refractivity contribution in [3.8, 4) is 0 Å². The van der Waals surface area contributed by atoms with Gasteiger partial charge in [-0.25, -0.2) is 0 Å². The summed E-state index contributed by atoms with van der Waals surface area (Å²) in [6.07, 6.45) is 2.44. The minimum absolute atomic E-state index is 0. The highest BCUT2D eigenvalue weighted by Gasteiger charge is 2.06. The second kappa shape index (κ2) is 9.31. The van der Waals surface area contributed by atoms with E-state index < -0.39 is 0 Å². The van der Waals surface area contributed by atoms with Gasteiger partial charge in [0.2, 0.25) is 5.91 Å². The number of nitrogens with two attached hydrogens (primary N) is 1. The van der Waals surface area contributed by atoms with E-state index in [2.05, 4.69) is 10.3 Å². The van der Waals surface area contributed by atoms with Crippen LogP contribution in [0, 0.1) is 0 Å². The van der Waals surface area contributed by atoms with Gasteiger partial charge in [0, 0.05) is 24.0 Å². The second-order valence-corrected chi connectivity index (χ2v) is 3.91. The van der Waals surface area contributed by atoms with E-state index in [1.807, 2.05) is 42.5 Å². The zero-order valence-corrected chi connectivity index (χ0v) is 12.4. The van der Waals surface area contributed by atoms with Crippen molar-refractivity contribution in [1.29, 1.82) is 0 Å². The van der Waals surface area contributed by atoms with Crippen LogP contribution in [0.5, 0.6) is 0 Å². The Bertz CT molecular complexity index is 535. The molecule has 1 heterocycles. The number of nitrogens with zero attached hydrogens (tertiary/aromatic N) is 1. The van der Waals surface area contributed by atoms with E-state index in [-0.39, 0.29) is 37.3 Å². The fourth-order valence-corrected chi connectivity index (χ4v) is 1.70. The summed E-state index contributed by atoms with van der Waals surface area (Å²) >= 11 is 0. The number of aromatic nitrogens is 1. The first kappa shape index (κ1) is 18.4. The molecule has 0 aliphatic carbocycles. The Morgan fingerprint density at radius 1 is 1.10 bits per heavy atom. The lowest BCUT2D eigenvalue weighted by Crippen LogP contribution is -2.22. The third-order valence-corrected chi connectivity index (χ3v) is 2.57. The molecule has 2 aromatic rings. The van der Waals surface area contributed by atoms with Crippen LogP contribution in [0.15, 0.2) is 48.7 Å². The van der Waals surface area contributed by atoms with Crippen molar-refractivity contribution in [1.82, 2.24) is 4.98 Å². The molecule has 2 rings (SSSR count). The molecule has 108 valence electrons. The lowest BCUT2D eigenvalue weighted by atomic mass is 10.1. The summed E-state index contributed by atoms with van der Waals surface area (Å²) in [5.74, 6) is -0.191. The van der Waals surface area contributed by atoms with Gasteiger partial charge >= 0.3 is 0 Å². The third kappa shape index (κ3) is 5.17. The van der Waals surface area contributed by atoms with Gasteiger partial charge in [-0.15, -0.1) is 24.8 Å². The molecule has 20 heavy (non-hydrogen) atoms. The number of hydrogen-bond donors (Lipinski definition) is 2. The van der Waals surface area contributed by atoms with Gasteiger partial charge in [-0.1, -0.05) is 24.3 Å². The number of carbonyl (C=O) groups excluding carboxylic acids is 1. The average molecular weight is 314 g/mol. The molecule has 1 aromatic carbocycles. The van der Waals surface area contributed by atoms with Crippen molar-refractivity contribution in [2.45, 2.75) is 6.42 Å². The van der Waals surface area contributed by atoms with Gasteiger partial charge in [0.05, 0.1) is 6.54 Å². The zero-order chi connectivity index (χ0) is 12.8. The van der Waals surface area contributed by atoms with E-state index in [0.717, 1.165) is 16.9 Å². The lowest BCUT2D eigenvalue weighted by molar-refractivity contribution is -0.114. The minimum Gasteiger partial charge on any atom is -0.325 e. The predicted octanol–water partition coefficient (Wildman–Crippen LogP) is 2.41. The molecule has 0 spiro atoms. The monoisotopic (exact) mass is 313 g/mol. The first-order valence-electron chi connectivity index (χ1n) is 5.77. The number of anilines is 1. The highest BCUT2D eigenvalue weighted by molar-refractivity contribution is 5.92.